The molecule has 0 saturated carbocycles. The Bertz CT molecular complexity index is 379. The van der Waals surface area contributed by atoms with Gasteiger partial charge in [-0.2, -0.15) is 0 Å². The summed E-state index contributed by atoms with van der Waals surface area (Å²) in [5.41, 5.74) is 5.42. The molecule has 19 heavy (non-hydrogen) atoms. The highest BCUT2D eigenvalue weighted by Gasteiger charge is 2.24. The normalized spacial score (nSPS) is 14.4. The first-order chi connectivity index (χ1) is 8.47. The van der Waals surface area contributed by atoms with Crippen LogP contribution in [0.2, 0.25) is 5.02 Å². The quantitative estimate of drug-likeness (QED) is 0.850. The second-order valence-corrected chi connectivity index (χ2v) is 5.33. The van der Waals surface area contributed by atoms with Crippen molar-refractivity contribution in [1.82, 2.24) is 4.98 Å². The summed E-state index contributed by atoms with van der Waals surface area (Å²) in [5.74, 6) is -0.400. The van der Waals surface area contributed by atoms with Crippen molar-refractivity contribution < 1.29 is 9.13 Å². The molecule has 105 valence electrons. The zero-order valence-electron chi connectivity index (χ0n) is 11.5. The zero-order chi connectivity index (χ0) is 13.6. The predicted octanol–water partition coefficient (Wildman–Crippen LogP) is 2.53. The molecule has 2 heterocycles. The molecule has 3 radical (unpaired) electrons. The molecule has 2 rings (SSSR count). The predicted molar refractivity (Wildman–Crippen MR) is 77.1 cm³/mol. The molecule has 0 bridgehead atoms. The summed E-state index contributed by atoms with van der Waals surface area (Å²) in [6.07, 6.45) is 3.98. The molecule has 0 unspecified atom stereocenters. The van der Waals surface area contributed by atoms with E-state index in [2.05, 4.69) is 4.98 Å². The van der Waals surface area contributed by atoms with Gasteiger partial charge in [0.2, 0.25) is 0 Å². The van der Waals surface area contributed by atoms with Gasteiger partial charge in [-0.05, 0) is 18.9 Å². The number of halogens is 2. The summed E-state index contributed by atoms with van der Waals surface area (Å²) in [7, 11) is 0. The fourth-order valence-corrected chi connectivity index (χ4v) is 1.66. The van der Waals surface area contributed by atoms with Crippen LogP contribution in [0.4, 0.5) is 4.39 Å². The average Bonchev–Trinajstić information content (AvgIpc) is 2.87. The molecule has 0 aliphatic carbocycles. The Morgan fingerprint density at radius 3 is 2.37 bits per heavy atom. The summed E-state index contributed by atoms with van der Waals surface area (Å²) in [6, 6.07) is 1.25. The molecule has 1 aliphatic rings. The topological polar surface area (TPSA) is 48.1 Å². The van der Waals surface area contributed by atoms with Crippen LogP contribution in [0.5, 0.6) is 0 Å². The molecular formula is C13H20BClFN2O. The van der Waals surface area contributed by atoms with Crippen molar-refractivity contribution in [2.75, 3.05) is 19.8 Å². The van der Waals surface area contributed by atoms with E-state index in [1.165, 1.54) is 25.1 Å². The highest BCUT2D eigenvalue weighted by Crippen LogP contribution is 2.23. The maximum Gasteiger partial charge on any atom is 0.146 e. The summed E-state index contributed by atoms with van der Waals surface area (Å²) < 4.78 is 18.3. The zero-order valence-corrected chi connectivity index (χ0v) is 12.2. The van der Waals surface area contributed by atoms with Crippen LogP contribution in [-0.2, 0) is 10.2 Å². The van der Waals surface area contributed by atoms with E-state index in [1.807, 2.05) is 13.8 Å². The van der Waals surface area contributed by atoms with Crippen molar-refractivity contribution in [2.45, 2.75) is 32.1 Å². The molecule has 0 amide bonds. The molecule has 1 aromatic heterocycles. The van der Waals surface area contributed by atoms with Crippen molar-refractivity contribution in [3.8, 4) is 0 Å². The van der Waals surface area contributed by atoms with Gasteiger partial charge in [0.15, 0.2) is 0 Å². The molecule has 3 nitrogen and oxygen atoms in total. The molecular weight excluding hydrogens is 265 g/mol. The maximum absolute atomic E-state index is 13.3. The van der Waals surface area contributed by atoms with Gasteiger partial charge in [0.25, 0.3) is 0 Å². The fraction of sp³-hybridized carbons (Fsp3) is 0.615. The van der Waals surface area contributed by atoms with Crippen LogP contribution in [0.15, 0.2) is 12.3 Å². The van der Waals surface area contributed by atoms with Gasteiger partial charge in [0.05, 0.1) is 10.7 Å². The summed E-state index contributed by atoms with van der Waals surface area (Å²) in [4.78, 5) is 3.93. The number of rotatable bonds is 2. The summed E-state index contributed by atoms with van der Waals surface area (Å²) >= 11 is 5.58. The van der Waals surface area contributed by atoms with Crippen molar-refractivity contribution >= 4 is 20.0 Å². The lowest BCUT2D eigenvalue weighted by Gasteiger charge is -2.21. The molecule has 2 N–H and O–H groups in total. The summed E-state index contributed by atoms with van der Waals surface area (Å²) in [5, 5.41) is 0.300. The lowest BCUT2D eigenvalue weighted by Crippen LogP contribution is -2.30. The van der Waals surface area contributed by atoms with E-state index in [4.69, 9.17) is 22.1 Å². The Labute approximate surface area is 121 Å². The molecule has 1 aliphatic heterocycles. The molecule has 1 fully saturated rings. The van der Waals surface area contributed by atoms with E-state index in [0.29, 0.717) is 17.3 Å². The Balaban J connectivity index is 0.000000454. The van der Waals surface area contributed by atoms with Crippen molar-refractivity contribution in [3.05, 3.63) is 28.8 Å². The highest BCUT2D eigenvalue weighted by molar-refractivity contribution is 6.30. The van der Waals surface area contributed by atoms with E-state index in [9.17, 15) is 4.39 Å². The molecule has 1 aromatic rings. The third-order valence-corrected chi connectivity index (χ3v) is 2.99. The number of pyridine rings is 1. The van der Waals surface area contributed by atoms with Crippen LogP contribution in [0, 0.1) is 5.82 Å². The minimum Gasteiger partial charge on any atom is -0.381 e. The largest absolute Gasteiger partial charge is 0.381 e. The molecule has 1 saturated heterocycles. The Morgan fingerprint density at radius 1 is 1.42 bits per heavy atom. The van der Waals surface area contributed by atoms with Crippen LogP contribution in [0.1, 0.15) is 32.4 Å². The lowest BCUT2D eigenvalue weighted by atomic mass is 9.89. The molecule has 0 atom stereocenters. The minimum atomic E-state index is -0.450. The lowest BCUT2D eigenvalue weighted by molar-refractivity contribution is 0.198. The Kier molecular flexibility index (Phi) is 8.22. The van der Waals surface area contributed by atoms with Gasteiger partial charge in [0.1, 0.15) is 5.82 Å². The first-order valence-corrected chi connectivity index (χ1v) is 6.44. The van der Waals surface area contributed by atoms with Crippen LogP contribution >= 0.6 is 11.6 Å². The second kappa shape index (κ2) is 8.51. The molecule has 6 heteroatoms. The Hall–Kier alpha value is -0.645. The highest BCUT2D eigenvalue weighted by atomic mass is 35.5. The van der Waals surface area contributed by atoms with Gasteiger partial charge >= 0.3 is 0 Å². The SMILES string of the molecule is C1CCOC1.CC(C)(CN)c1ncc(Cl)cc1F.[B]. The van der Waals surface area contributed by atoms with E-state index in [-0.39, 0.29) is 8.41 Å². The third kappa shape index (κ3) is 5.89. The van der Waals surface area contributed by atoms with Crippen molar-refractivity contribution in [3.63, 3.8) is 0 Å². The van der Waals surface area contributed by atoms with Gasteiger partial charge in [0, 0.05) is 39.8 Å². The monoisotopic (exact) mass is 285 g/mol. The second-order valence-electron chi connectivity index (χ2n) is 4.89. The van der Waals surface area contributed by atoms with Crippen LogP contribution in [-0.4, -0.2) is 33.2 Å². The standard InChI is InChI=1S/C9H12ClFN2.C4H8O.B/c1-9(2,5-12)8-7(11)3-6(10)4-13-8;1-2-4-5-3-1;/h3-4H,5,12H2,1-2H3;1-4H2;. The van der Waals surface area contributed by atoms with Gasteiger partial charge in [-0.15, -0.1) is 0 Å². The number of hydrogen-bond acceptors (Lipinski definition) is 3. The first-order valence-electron chi connectivity index (χ1n) is 6.06. The number of ether oxygens (including phenoxy) is 1. The molecule has 0 spiro atoms. The van der Waals surface area contributed by atoms with Crippen LogP contribution in [0.25, 0.3) is 0 Å². The number of nitrogens with two attached hydrogens (primary N) is 1. The van der Waals surface area contributed by atoms with E-state index in [0.717, 1.165) is 13.2 Å². The van der Waals surface area contributed by atoms with E-state index in [1.54, 1.807) is 0 Å². The fourth-order valence-electron chi connectivity index (χ4n) is 1.52. The van der Waals surface area contributed by atoms with Gasteiger partial charge in [-0.25, -0.2) is 4.39 Å². The molecule has 0 aromatic carbocycles. The van der Waals surface area contributed by atoms with Crippen LogP contribution in [0.3, 0.4) is 0 Å². The number of hydrogen-bond donors (Lipinski definition) is 1. The van der Waals surface area contributed by atoms with Gasteiger partial charge in [-0.3, -0.25) is 4.98 Å². The van der Waals surface area contributed by atoms with Crippen molar-refractivity contribution in [1.29, 1.82) is 0 Å². The van der Waals surface area contributed by atoms with E-state index >= 15 is 0 Å². The smallest absolute Gasteiger partial charge is 0.146 e. The van der Waals surface area contributed by atoms with Gasteiger partial charge in [-0.1, -0.05) is 25.4 Å². The average molecular weight is 286 g/mol. The minimum absolute atomic E-state index is 0. The Morgan fingerprint density at radius 2 is 2.00 bits per heavy atom. The van der Waals surface area contributed by atoms with Crippen LogP contribution < -0.4 is 5.73 Å². The van der Waals surface area contributed by atoms with Gasteiger partial charge < -0.3 is 10.5 Å². The number of nitrogens with zero attached hydrogens (tertiary/aromatic N) is 1. The van der Waals surface area contributed by atoms with Crippen molar-refractivity contribution in [2.24, 2.45) is 5.73 Å². The number of aromatic nitrogens is 1. The first kappa shape index (κ1) is 18.4. The van der Waals surface area contributed by atoms with E-state index < -0.39 is 11.2 Å². The summed E-state index contributed by atoms with van der Waals surface area (Å²) in [6.45, 7) is 6.02. The maximum atomic E-state index is 13.3. The third-order valence-electron chi connectivity index (χ3n) is 2.79.